The van der Waals surface area contributed by atoms with Crippen LogP contribution in [0.1, 0.15) is 22.3 Å². The van der Waals surface area contributed by atoms with E-state index in [1.165, 1.54) is 33.7 Å². The van der Waals surface area contributed by atoms with Crippen LogP contribution in [-0.4, -0.2) is 26.2 Å². The van der Waals surface area contributed by atoms with Gasteiger partial charge in [0, 0.05) is 11.3 Å². The number of nitrogens with zero attached hydrogens (tertiary/aromatic N) is 1. The standard InChI is InChI=1S/C20H23F3N2/c1-15-6-7-16(2)17(12-15)14-24-8-10-25(11-9-24)19-5-3-4-18(13-19)20(21,22)23/h3-7,12-13H,8-11,14H2,1-2H3/p+1. The van der Waals surface area contributed by atoms with E-state index in [0.29, 0.717) is 5.69 Å². The molecule has 1 N–H and O–H groups in total. The van der Waals surface area contributed by atoms with Gasteiger partial charge in [-0.3, -0.25) is 0 Å². The Bertz CT molecular complexity index is 732. The van der Waals surface area contributed by atoms with E-state index in [-0.39, 0.29) is 0 Å². The van der Waals surface area contributed by atoms with Crippen molar-refractivity contribution in [1.82, 2.24) is 0 Å². The van der Waals surface area contributed by atoms with Crippen molar-refractivity contribution < 1.29 is 18.1 Å². The van der Waals surface area contributed by atoms with Crippen molar-refractivity contribution in [2.45, 2.75) is 26.6 Å². The van der Waals surface area contributed by atoms with Gasteiger partial charge in [-0.05, 0) is 37.6 Å². The first-order valence-electron chi connectivity index (χ1n) is 8.65. The van der Waals surface area contributed by atoms with Gasteiger partial charge >= 0.3 is 6.18 Å². The van der Waals surface area contributed by atoms with E-state index < -0.39 is 11.7 Å². The summed E-state index contributed by atoms with van der Waals surface area (Å²) in [5.74, 6) is 0. The molecular weight excluding hydrogens is 325 g/mol. The van der Waals surface area contributed by atoms with Gasteiger partial charge in [-0.25, -0.2) is 0 Å². The van der Waals surface area contributed by atoms with Gasteiger partial charge in [0.2, 0.25) is 0 Å². The Labute approximate surface area is 146 Å². The molecule has 0 amide bonds. The SMILES string of the molecule is Cc1ccc(C)c(C[NH+]2CCN(c3cccc(C(F)(F)F)c3)CC2)c1. The number of quaternary nitrogens is 1. The highest BCUT2D eigenvalue weighted by atomic mass is 19.4. The number of aryl methyl sites for hydroxylation is 2. The Morgan fingerprint density at radius 2 is 1.72 bits per heavy atom. The van der Waals surface area contributed by atoms with Crippen molar-refractivity contribution in [2.24, 2.45) is 0 Å². The Kier molecular flexibility index (Phi) is 5.04. The van der Waals surface area contributed by atoms with Crippen LogP contribution < -0.4 is 9.80 Å². The summed E-state index contributed by atoms with van der Waals surface area (Å²) >= 11 is 0. The second-order valence-electron chi connectivity index (χ2n) is 6.89. The lowest BCUT2D eigenvalue weighted by Gasteiger charge is -2.34. The largest absolute Gasteiger partial charge is 0.416 e. The average Bonchev–Trinajstić information content (AvgIpc) is 2.58. The Morgan fingerprint density at radius 1 is 1.00 bits per heavy atom. The van der Waals surface area contributed by atoms with Crippen LogP contribution in [0.15, 0.2) is 42.5 Å². The number of halogens is 3. The molecule has 1 heterocycles. The van der Waals surface area contributed by atoms with Gasteiger partial charge in [0.1, 0.15) is 6.54 Å². The molecule has 1 aliphatic heterocycles. The Morgan fingerprint density at radius 3 is 2.40 bits per heavy atom. The minimum Gasteiger partial charge on any atom is -0.360 e. The number of piperazine rings is 1. The van der Waals surface area contributed by atoms with Crippen LogP contribution in [0.25, 0.3) is 0 Å². The fraction of sp³-hybridized carbons (Fsp3) is 0.400. The zero-order valence-corrected chi connectivity index (χ0v) is 14.7. The maximum Gasteiger partial charge on any atom is 0.416 e. The van der Waals surface area contributed by atoms with Crippen molar-refractivity contribution >= 4 is 5.69 Å². The van der Waals surface area contributed by atoms with E-state index in [1.807, 2.05) is 0 Å². The summed E-state index contributed by atoms with van der Waals surface area (Å²) in [7, 11) is 0. The fourth-order valence-corrected chi connectivity index (χ4v) is 3.40. The van der Waals surface area contributed by atoms with Gasteiger partial charge in [0.05, 0.1) is 31.7 Å². The minimum atomic E-state index is -4.29. The number of hydrogen-bond acceptors (Lipinski definition) is 1. The summed E-state index contributed by atoms with van der Waals surface area (Å²) in [6.45, 7) is 8.64. The zero-order chi connectivity index (χ0) is 18.0. The highest BCUT2D eigenvalue weighted by Gasteiger charge is 2.31. The molecule has 0 radical (unpaired) electrons. The lowest BCUT2D eigenvalue weighted by Crippen LogP contribution is -3.13. The molecule has 0 saturated carbocycles. The molecule has 134 valence electrons. The molecule has 0 spiro atoms. The molecule has 1 saturated heterocycles. The fourth-order valence-electron chi connectivity index (χ4n) is 3.40. The lowest BCUT2D eigenvalue weighted by molar-refractivity contribution is -0.914. The van der Waals surface area contributed by atoms with Crippen molar-refractivity contribution in [3.63, 3.8) is 0 Å². The summed E-state index contributed by atoms with van der Waals surface area (Å²) in [6.07, 6.45) is -4.29. The van der Waals surface area contributed by atoms with Crippen molar-refractivity contribution in [1.29, 1.82) is 0 Å². The topological polar surface area (TPSA) is 7.68 Å². The monoisotopic (exact) mass is 349 g/mol. The molecule has 5 heteroatoms. The van der Waals surface area contributed by atoms with Crippen molar-refractivity contribution in [3.05, 3.63) is 64.7 Å². The molecular formula is C20H24F3N2+. The van der Waals surface area contributed by atoms with Crippen molar-refractivity contribution in [3.8, 4) is 0 Å². The number of benzene rings is 2. The van der Waals surface area contributed by atoms with E-state index in [4.69, 9.17) is 0 Å². The predicted octanol–water partition coefficient (Wildman–Crippen LogP) is 3.23. The third kappa shape index (κ3) is 4.34. The number of anilines is 1. The first-order valence-corrected chi connectivity index (χ1v) is 8.65. The van der Waals surface area contributed by atoms with Crippen molar-refractivity contribution in [2.75, 3.05) is 31.1 Å². The summed E-state index contributed by atoms with van der Waals surface area (Å²) in [4.78, 5) is 3.54. The zero-order valence-electron chi connectivity index (χ0n) is 14.7. The quantitative estimate of drug-likeness (QED) is 0.894. The molecule has 0 atom stereocenters. The van der Waals surface area contributed by atoms with Gasteiger partial charge in [-0.1, -0.05) is 29.8 Å². The van der Waals surface area contributed by atoms with Crippen LogP contribution in [0, 0.1) is 13.8 Å². The van der Waals surface area contributed by atoms with E-state index in [2.05, 4.69) is 36.9 Å². The van der Waals surface area contributed by atoms with Crippen LogP contribution in [0.3, 0.4) is 0 Å². The first-order chi connectivity index (χ1) is 11.8. The highest BCUT2D eigenvalue weighted by molar-refractivity contribution is 5.49. The molecule has 2 aromatic rings. The second kappa shape index (κ2) is 7.08. The lowest BCUT2D eigenvalue weighted by atomic mass is 10.0. The molecule has 3 rings (SSSR count). The van der Waals surface area contributed by atoms with Crippen LogP contribution in [0.5, 0.6) is 0 Å². The molecule has 2 nitrogen and oxygen atoms in total. The molecule has 0 aliphatic carbocycles. The van der Waals surface area contributed by atoms with E-state index >= 15 is 0 Å². The van der Waals surface area contributed by atoms with Crippen LogP contribution in [0.4, 0.5) is 18.9 Å². The van der Waals surface area contributed by atoms with E-state index in [1.54, 1.807) is 6.07 Å². The Hall–Kier alpha value is -2.01. The smallest absolute Gasteiger partial charge is 0.360 e. The first kappa shape index (κ1) is 17.8. The predicted molar refractivity (Wildman–Crippen MR) is 94.0 cm³/mol. The molecule has 2 aromatic carbocycles. The molecule has 25 heavy (non-hydrogen) atoms. The molecule has 0 bridgehead atoms. The third-order valence-electron chi connectivity index (χ3n) is 4.95. The average molecular weight is 349 g/mol. The summed E-state index contributed by atoms with van der Waals surface area (Å²) < 4.78 is 38.7. The van der Waals surface area contributed by atoms with Crippen LogP contribution >= 0.6 is 0 Å². The maximum atomic E-state index is 12.9. The molecule has 0 aromatic heterocycles. The van der Waals surface area contributed by atoms with Gasteiger partial charge in [0.15, 0.2) is 0 Å². The van der Waals surface area contributed by atoms with Gasteiger partial charge < -0.3 is 9.80 Å². The highest BCUT2D eigenvalue weighted by Crippen LogP contribution is 2.31. The van der Waals surface area contributed by atoms with Gasteiger partial charge in [-0.15, -0.1) is 0 Å². The number of alkyl halides is 3. The number of hydrogen-bond donors (Lipinski definition) is 1. The van der Waals surface area contributed by atoms with Gasteiger partial charge in [-0.2, -0.15) is 13.2 Å². The number of rotatable bonds is 3. The Balaban J connectivity index is 1.63. The van der Waals surface area contributed by atoms with E-state index in [9.17, 15) is 13.2 Å². The second-order valence-corrected chi connectivity index (χ2v) is 6.89. The minimum absolute atomic E-state index is 0.574. The number of nitrogens with one attached hydrogen (secondary N) is 1. The normalized spacial score (nSPS) is 16.3. The molecule has 1 fully saturated rings. The maximum absolute atomic E-state index is 12.9. The summed E-state index contributed by atoms with van der Waals surface area (Å²) in [5, 5.41) is 0. The van der Waals surface area contributed by atoms with Crippen LogP contribution in [-0.2, 0) is 12.7 Å². The molecule has 0 unspecified atom stereocenters. The van der Waals surface area contributed by atoms with Crippen LogP contribution in [0.2, 0.25) is 0 Å². The van der Waals surface area contributed by atoms with E-state index in [0.717, 1.165) is 38.8 Å². The third-order valence-corrected chi connectivity index (χ3v) is 4.95. The summed E-state index contributed by atoms with van der Waals surface area (Å²) in [6, 6.07) is 12.2. The molecule has 1 aliphatic rings. The summed E-state index contributed by atoms with van der Waals surface area (Å²) in [5.41, 5.74) is 4.03. The van der Waals surface area contributed by atoms with Gasteiger partial charge in [0.25, 0.3) is 0 Å².